The van der Waals surface area contributed by atoms with Crippen molar-refractivity contribution in [2.45, 2.75) is 26.9 Å². The fourth-order valence-corrected chi connectivity index (χ4v) is 1.81. The van der Waals surface area contributed by atoms with Gasteiger partial charge in [-0.2, -0.15) is 19.1 Å². The number of aryl methyl sites for hydroxylation is 1. The molecule has 0 saturated heterocycles. The van der Waals surface area contributed by atoms with Gasteiger partial charge in [0.1, 0.15) is 11.3 Å². The Balaban J connectivity index is 3.31. The van der Waals surface area contributed by atoms with Crippen molar-refractivity contribution in [3.05, 3.63) is 28.8 Å². The van der Waals surface area contributed by atoms with Crippen molar-refractivity contribution in [1.29, 1.82) is 0 Å². The molecule has 1 rings (SSSR count). The Bertz CT molecular complexity index is 582. The van der Waals surface area contributed by atoms with Crippen molar-refractivity contribution in [1.82, 2.24) is 0 Å². The number of ketones is 1. The second-order valence-corrected chi connectivity index (χ2v) is 5.00. The molecular weight excluding hydrogens is 303 g/mol. The number of rotatable bonds is 5. The van der Waals surface area contributed by atoms with Crippen LogP contribution in [0.4, 0.5) is 13.2 Å². The summed E-state index contributed by atoms with van der Waals surface area (Å²) in [5.74, 6) is 2.77. The first kappa shape index (κ1) is 18.0. The third-order valence-electron chi connectivity index (χ3n) is 2.79. The van der Waals surface area contributed by atoms with Gasteiger partial charge >= 0.3 is 12.1 Å². The lowest BCUT2D eigenvalue weighted by atomic mass is 9.96. The van der Waals surface area contributed by atoms with Gasteiger partial charge in [0.25, 0.3) is 0 Å². The van der Waals surface area contributed by atoms with Crippen LogP contribution in [-0.2, 0) is 4.84 Å². The van der Waals surface area contributed by atoms with Crippen LogP contribution in [0.3, 0.4) is 0 Å². The zero-order chi connectivity index (χ0) is 17.1. The number of Topliss-reactive ketones (excluding diaryl/α,β-unsaturated/α-hetero) is 1. The Morgan fingerprint density at radius 2 is 1.86 bits per heavy atom. The minimum absolute atomic E-state index is 0.173. The van der Waals surface area contributed by atoms with E-state index in [1.807, 2.05) is 0 Å². The van der Waals surface area contributed by atoms with E-state index in [9.17, 15) is 22.8 Å². The summed E-state index contributed by atoms with van der Waals surface area (Å²) in [7, 11) is 0. The first-order valence-electron chi connectivity index (χ1n) is 6.36. The number of halogens is 3. The Morgan fingerprint density at radius 3 is 2.32 bits per heavy atom. The summed E-state index contributed by atoms with van der Waals surface area (Å²) in [5.41, 5.74) is 0.0548. The molecule has 22 heavy (non-hydrogen) atoms. The van der Waals surface area contributed by atoms with Gasteiger partial charge in [0.2, 0.25) is 0 Å². The van der Waals surface area contributed by atoms with E-state index in [4.69, 9.17) is 5.90 Å². The molecule has 0 aliphatic carbocycles. The summed E-state index contributed by atoms with van der Waals surface area (Å²) in [6.45, 7) is 3.17. The van der Waals surface area contributed by atoms with E-state index in [1.165, 1.54) is 13.0 Å². The summed E-state index contributed by atoms with van der Waals surface area (Å²) >= 11 is 0. The molecule has 0 unspecified atom stereocenters. The highest BCUT2D eigenvalue weighted by atomic mass is 19.4. The van der Waals surface area contributed by atoms with Crippen molar-refractivity contribution in [3.8, 4) is 5.75 Å². The van der Waals surface area contributed by atoms with Crippen LogP contribution >= 0.6 is 0 Å². The van der Waals surface area contributed by atoms with Gasteiger partial charge in [-0.25, -0.2) is 4.79 Å². The van der Waals surface area contributed by atoms with Crippen LogP contribution in [-0.4, -0.2) is 24.5 Å². The smallest absolute Gasteiger partial charge is 0.422 e. The van der Waals surface area contributed by atoms with E-state index in [1.54, 1.807) is 13.8 Å². The fraction of sp³-hybridized carbons (Fsp3) is 0.429. The van der Waals surface area contributed by atoms with Crippen LogP contribution in [0.5, 0.6) is 5.75 Å². The zero-order valence-electron chi connectivity index (χ0n) is 12.3. The number of carbonyl (C=O) groups is 2. The average Bonchev–Trinajstić information content (AvgIpc) is 2.42. The van der Waals surface area contributed by atoms with E-state index in [2.05, 4.69) is 9.57 Å². The van der Waals surface area contributed by atoms with Crippen molar-refractivity contribution < 1.29 is 32.3 Å². The number of ether oxygens (including phenoxy) is 1. The zero-order valence-corrected chi connectivity index (χ0v) is 12.3. The molecule has 0 fully saturated rings. The molecule has 122 valence electrons. The molecule has 0 aliphatic heterocycles. The minimum Gasteiger partial charge on any atom is -0.483 e. The number of hydrogen-bond donors (Lipinski definition) is 1. The van der Waals surface area contributed by atoms with E-state index in [0.717, 1.165) is 6.07 Å². The number of carbonyl (C=O) groups excluding carboxylic acids is 2. The Morgan fingerprint density at radius 1 is 1.27 bits per heavy atom. The molecule has 0 aromatic heterocycles. The highest BCUT2D eigenvalue weighted by Crippen LogP contribution is 2.29. The van der Waals surface area contributed by atoms with Gasteiger partial charge in [-0.3, -0.25) is 4.79 Å². The maximum Gasteiger partial charge on any atom is 0.422 e. The predicted molar refractivity (Wildman–Crippen MR) is 71.5 cm³/mol. The maximum absolute atomic E-state index is 12.3. The molecule has 0 heterocycles. The van der Waals surface area contributed by atoms with Crippen LogP contribution < -0.4 is 10.6 Å². The molecule has 0 amide bonds. The van der Waals surface area contributed by atoms with E-state index < -0.39 is 18.8 Å². The number of alkyl halides is 3. The molecule has 1 aromatic rings. The third-order valence-corrected chi connectivity index (χ3v) is 2.79. The first-order chi connectivity index (χ1) is 10.1. The van der Waals surface area contributed by atoms with E-state index in [-0.39, 0.29) is 34.1 Å². The van der Waals surface area contributed by atoms with Gasteiger partial charge in [-0.05, 0) is 24.6 Å². The summed E-state index contributed by atoms with van der Waals surface area (Å²) < 4.78 is 41.5. The summed E-state index contributed by atoms with van der Waals surface area (Å²) in [6, 6.07) is 2.48. The SMILES string of the molecule is Cc1cc(C(=O)C(C)C)cc(C(=O)ON)c1OCC(F)(F)F. The van der Waals surface area contributed by atoms with Crippen LogP contribution in [0, 0.1) is 12.8 Å². The number of benzene rings is 1. The Hall–Kier alpha value is -2.09. The molecule has 0 radical (unpaired) electrons. The monoisotopic (exact) mass is 319 g/mol. The highest BCUT2D eigenvalue weighted by Gasteiger charge is 2.30. The van der Waals surface area contributed by atoms with Gasteiger partial charge in [0.15, 0.2) is 12.4 Å². The highest BCUT2D eigenvalue weighted by molar-refractivity contribution is 6.01. The molecule has 0 aliphatic rings. The maximum atomic E-state index is 12.3. The quantitative estimate of drug-likeness (QED) is 0.667. The summed E-state index contributed by atoms with van der Waals surface area (Å²) in [5, 5.41) is 0. The minimum atomic E-state index is -4.57. The lowest BCUT2D eigenvalue weighted by Crippen LogP contribution is -2.22. The number of nitrogens with two attached hydrogens (primary N) is 1. The topological polar surface area (TPSA) is 78.6 Å². The molecular formula is C14H16F3NO4. The molecule has 0 atom stereocenters. The second kappa shape index (κ2) is 6.78. The van der Waals surface area contributed by atoms with E-state index >= 15 is 0 Å². The van der Waals surface area contributed by atoms with Gasteiger partial charge in [0, 0.05) is 11.5 Å². The lowest BCUT2D eigenvalue weighted by Gasteiger charge is -2.16. The Kier molecular flexibility index (Phi) is 5.54. The van der Waals surface area contributed by atoms with Gasteiger partial charge in [-0.15, -0.1) is 0 Å². The van der Waals surface area contributed by atoms with Crippen molar-refractivity contribution in [2.24, 2.45) is 11.8 Å². The number of hydrogen-bond acceptors (Lipinski definition) is 5. The van der Waals surface area contributed by atoms with Crippen molar-refractivity contribution >= 4 is 11.8 Å². The largest absolute Gasteiger partial charge is 0.483 e. The van der Waals surface area contributed by atoms with Crippen molar-refractivity contribution in [2.75, 3.05) is 6.61 Å². The molecule has 0 bridgehead atoms. The van der Waals surface area contributed by atoms with Crippen LogP contribution in [0.2, 0.25) is 0 Å². The van der Waals surface area contributed by atoms with E-state index in [0.29, 0.717) is 0 Å². The molecule has 5 nitrogen and oxygen atoms in total. The van der Waals surface area contributed by atoms with Crippen molar-refractivity contribution in [3.63, 3.8) is 0 Å². The lowest BCUT2D eigenvalue weighted by molar-refractivity contribution is -0.153. The van der Waals surface area contributed by atoms with Gasteiger partial charge in [0.05, 0.1) is 0 Å². The standard InChI is InChI=1S/C14H16F3NO4/c1-7(2)11(19)9-4-8(3)12(21-6-14(15,16)17)10(5-9)13(20)22-18/h4-5,7H,6,18H2,1-3H3. The normalized spacial score (nSPS) is 11.5. The second-order valence-electron chi connectivity index (χ2n) is 5.00. The van der Waals surface area contributed by atoms with Gasteiger partial charge in [-0.1, -0.05) is 13.8 Å². The van der Waals surface area contributed by atoms with Crippen LogP contribution in [0.15, 0.2) is 12.1 Å². The summed E-state index contributed by atoms with van der Waals surface area (Å²) in [4.78, 5) is 27.7. The molecule has 2 N–H and O–H groups in total. The van der Waals surface area contributed by atoms with Crippen LogP contribution in [0.1, 0.15) is 40.1 Å². The van der Waals surface area contributed by atoms with Crippen LogP contribution in [0.25, 0.3) is 0 Å². The van der Waals surface area contributed by atoms with Gasteiger partial charge < -0.3 is 9.57 Å². The molecule has 0 saturated carbocycles. The predicted octanol–water partition coefficient (Wildman–Crippen LogP) is 2.81. The summed E-state index contributed by atoms with van der Waals surface area (Å²) in [6.07, 6.45) is -4.57. The molecule has 8 heteroatoms. The average molecular weight is 319 g/mol. The molecule has 0 spiro atoms. The molecule has 1 aromatic carbocycles. The third kappa shape index (κ3) is 4.45. The Labute approximate surface area is 125 Å². The fourth-order valence-electron chi connectivity index (χ4n) is 1.81. The first-order valence-corrected chi connectivity index (χ1v) is 6.36.